The van der Waals surface area contributed by atoms with Gasteiger partial charge < -0.3 is 20.3 Å². The van der Waals surface area contributed by atoms with E-state index < -0.39 is 0 Å². The molecular formula is C18H29N3O2. The fourth-order valence-electron chi connectivity index (χ4n) is 3.14. The minimum atomic E-state index is -0.356. The van der Waals surface area contributed by atoms with Gasteiger partial charge in [0.25, 0.3) is 0 Å². The Balaban J connectivity index is 1.75. The highest BCUT2D eigenvalue weighted by atomic mass is 16.5. The van der Waals surface area contributed by atoms with Gasteiger partial charge in [-0.15, -0.1) is 0 Å². The second-order valence-corrected chi connectivity index (χ2v) is 6.33. The summed E-state index contributed by atoms with van der Waals surface area (Å²) in [5, 5.41) is 6.42. The van der Waals surface area contributed by atoms with Crippen LogP contribution in [-0.4, -0.2) is 52.9 Å². The average molecular weight is 319 g/mol. The number of rotatable bonds is 8. The zero-order valence-electron chi connectivity index (χ0n) is 14.3. The predicted octanol–water partition coefficient (Wildman–Crippen LogP) is 1.65. The molecule has 1 saturated heterocycles. The van der Waals surface area contributed by atoms with Crippen molar-refractivity contribution in [3.8, 4) is 0 Å². The Kier molecular flexibility index (Phi) is 6.86. The number of anilines is 1. The van der Waals surface area contributed by atoms with E-state index >= 15 is 0 Å². The Bertz CT molecular complexity index is 467. The van der Waals surface area contributed by atoms with Crippen molar-refractivity contribution in [1.29, 1.82) is 0 Å². The number of carbonyl (C=O) groups is 1. The molecule has 1 fully saturated rings. The van der Waals surface area contributed by atoms with Crippen LogP contribution in [0.5, 0.6) is 0 Å². The fraction of sp³-hybridized carbons (Fsp3) is 0.611. The van der Waals surface area contributed by atoms with Crippen molar-refractivity contribution < 1.29 is 9.53 Å². The van der Waals surface area contributed by atoms with Gasteiger partial charge in [0.05, 0.1) is 12.0 Å². The first-order valence-electron chi connectivity index (χ1n) is 8.42. The van der Waals surface area contributed by atoms with Crippen molar-refractivity contribution in [3.05, 3.63) is 30.3 Å². The van der Waals surface area contributed by atoms with Crippen LogP contribution in [0.15, 0.2) is 30.3 Å². The van der Waals surface area contributed by atoms with Gasteiger partial charge in [-0.1, -0.05) is 18.2 Å². The van der Waals surface area contributed by atoms with E-state index in [4.69, 9.17) is 4.74 Å². The molecule has 0 spiro atoms. The maximum atomic E-state index is 12.6. The van der Waals surface area contributed by atoms with Crippen LogP contribution >= 0.6 is 0 Å². The second-order valence-electron chi connectivity index (χ2n) is 6.33. The molecule has 1 aromatic carbocycles. The molecule has 0 aliphatic carbocycles. The van der Waals surface area contributed by atoms with Crippen molar-refractivity contribution in [2.45, 2.75) is 19.3 Å². The summed E-state index contributed by atoms with van der Waals surface area (Å²) in [4.78, 5) is 14.8. The summed E-state index contributed by atoms with van der Waals surface area (Å²) in [6.45, 7) is 3.89. The lowest BCUT2D eigenvalue weighted by Gasteiger charge is -2.35. The van der Waals surface area contributed by atoms with Gasteiger partial charge in [-0.05, 0) is 44.5 Å². The molecule has 0 unspecified atom stereocenters. The van der Waals surface area contributed by atoms with Gasteiger partial charge in [0, 0.05) is 32.9 Å². The number of piperidine rings is 1. The Morgan fingerprint density at radius 1 is 1.30 bits per heavy atom. The summed E-state index contributed by atoms with van der Waals surface area (Å²) in [6.07, 6.45) is 2.62. The molecule has 0 aromatic heterocycles. The number of amides is 1. The number of methoxy groups -OCH3 is 1. The standard InChI is InChI=1S/C18H29N3O2/c1-21(16-7-4-3-5-8-16)14-6-11-20-17(22)18(15-23-2)9-12-19-13-10-18/h3-5,7-8,19H,6,9-15H2,1-2H3,(H,20,22). The highest BCUT2D eigenvalue weighted by Crippen LogP contribution is 2.29. The third kappa shape index (κ3) is 4.94. The molecule has 0 bridgehead atoms. The lowest BCUT2D eigenvalue weighted by atomic mass is 9.78. The van der Waals surface area contributed by atoms with Gasteiger partial charge in [0.2, 0.25) is 5.91 Å². The first-order valence-corrected chi connectivity index (χ1v) is 8.42. The third-order valence-corrected chi connectivity index (χ3v) is 4.62. The molecule has 5 nitrogen and oxygen atoms in total. The highest BCUT2D eigenvalue weighted by Gasteiger charge is 2.39. The van der Waals surface area contributed by atoms with E-state index in [1.807, 2.05) is 18.2 Å². The topological polar surface area (TPSA) is 53.6 Å². The molecule has 23 heavy (non-hydrogen) atoms. The van der Waals surface area contributed by atoms with E-state index in [-0.39, 0.29) is 11.3 Å². The van der Waals surface area contributed by atoms with Crippen LogP contribution in [0.1, 0.15) is 19.3 Å². The number of benzene rings is 1. The van der Waals surface area contributed by atoms with Crippen LogP contribution in [0.2, 0.25) is 0 Å². The van der Waals surface area contributed by atoms with Crippen LogP contribution < -0.4 is 15.5 Å². The molecule has 128 valence electrons. The molecule has 0 atom stereocenters. The Morgan fingerprint density at radius 2 is 2.00 bits per heavy atom. The van der Waals surface area contributed by atoms with Gasteiger partial charge in [-0.3, -0.25) is 4.79 Å². The van der Waals surface area contributed by atoms with Crippen molar-refractivity contribution in [1.82, 2.24) is 10.6 Å². The molecule has 2 rings (SSSR count). The normalized spacial score (nSPS) is 16.8. The van der Waals surface area contributed by atoms with Crippen molar-refractivity contribution in [2.75, 3.05) is 51.8 Å². The molecule has 1 amide bonds. The number of hydrogen-bond acceptors (Lipinski definition) is 4. The molecule has 0 radical (unpaired) electrons. The van der Waals surface area contributed by atoms with Gasteiger partial charge >= 0.3 is 0 Å². The van der Waals surface area contributed by atoms with E-state index in [0.29, 0.717) is 13.2 Å². The maximum absolute atomic E-state index is 12.6. The summed E-state index contributed by atoms with van der Waals surface area (Å²) >= 11 is 0. The highest BCUT2D eigenvalue weighted by molar-refractivity contribution is 5.83. The smallest absolute Gasteiger partial charge is 0.228 e. The van der Waals surface area contributed by atoms with E-state index in [1.54, 1.807) is 7.11 Å². The number of nitrogens with zero attached hydrogens (tertiary/aromatic N) is 1. The largest absolute Gasteiger partial charge is 0.384 e. The predicted molar refractivity (Wildman–Crippen MR) is 93.8 cm³/mol. The fourth-order valence-corrected chi connectivity index (χ4v) is 3.14. The lowest BCUT2D eigenvalue weighted by Crippen LogP contribution is -2.50. The second kappa shape index (κ2) is 8.89. The number of ether oxygens (including phenoxy) is 1. The lowest BCUT2D eigenvalue weighted by molar-refractivity contribution is -0.136. The third-order valence-electron chi connectivity index (χ3n) is 4.62. The number of carbonyl (C=O) groups excluding carboxylic acids is 1. The number of hydrogen-bond donors (Lipinski definition) is 2. The first kappa shape index (κ1) is 17.8. The Labute approximate surface area is 139 Å². The van der Waals surface area contributed by atoms with E-state index in [2.05, 4.69) is 34.7 Å². The van der Waals surface area contributed by atoms with E-state index in [1.165, 1.54) is 5.69 Å². The molecular weight excluding hydrogens is 290 g/mol. The summed E-state index contributed by atoms with van der Waals surface area (Å²) in [7, 11) is 3.75. The molecule has 1 aliphatic rings. The van der Waals surface area contributed by atoms with Crippen LogP contribution in [0.4, 0.5) is 5.69 Å². The SMILES string of the molecule is COCC1(C(=O)NCCCN(C)c2ccccc2)CCNCC1. The zero-order chi connectivity index (χ0) is 16.5. The molecule has 1 aliphatic heterocycles. The molecule has 1 aromatic rings. The molecule has 0 saturated carbocycles. The Hall–Kier alpha value is -1.59. The van der Waals surface area contributed by atoms with Crippen molar-refractivity contribution in [3.63, 3.8) is 0 Å². The van der Waals surface area contributed by atoms with E-state index in [9.17, 15) is 4.79 Å². The summed E-state index contributed by atoms with van der Waals surface area (Å²) in [6, 6.07) is 10.3. The van der Waals surface area contributed by atoms with Gasteiger partial charge in [-0.25, -0.2) is 0 Å². The van der Waals surface area contributed by atoms with Crippen molar-refractivity contribution in [2.24, 2.45) is 5.41 Å². The van der Waals surface area contributed by atoms with Crippen LogP contribution in [0.3, 0.4) is 0 Å². The quantitative estimate of drug-likeness (QED) is 0.715. The molecule has 1 heterocycles. The van der Waals surface area contributed by atoms with E-state index in [0.717, 1.165) is 38.9 Å². The van der Waals surface area contributed by atoms with Crippen molar-refractivity contribution >= 4 is 11.6 Å². The Morgan fingerprint density at radius 3 is 2.65 bits per heavy atom. The van der Waals surface area contributed by atoms with Gasteiger partial charge in [0.15, 0.2) is 0 Å². The molecule has 5 heteroatoms. The average Bonchev–Trinajstić information content (AvgIpc) is 2.60. The summed E-state index contributed by atoms with van der Waals surface area (Å²) < 4.78 is 5.31. The minimum absolute atomic E-state index is 0.142. The zero-order valence-corrected chi connectivity index (χ0v) is 14.3. The number of para-hydroxylation sites is 1. The van der Waals surface area contributed by atoms with Gasteiger partial charge in [-0.2, -0.15) is 0 Å². The van der Waals surface area contributed by atoms with Crippen LogP contribution in [0.25, 0.3) is 0 Å². The monoisotopic (exact) mass is 319 g/mol. The minimum Gasteiger partial charge on any atom is -0.384 e. The summed E-state index contributed by atoms with van der Waals surface area (Å²) in [5.41, 5.74) is 0.846. The van der Waals surface area contributed by atoms with Gasteiger partial charge in [0.1, 0.15) is 0 Å². The van der Waals surface area contributed by atoms with Crippen LogP contribution in [-0.2, 0) is 9.53 Å². The van der Waals surface area contributed by atoms with Crippen LogP contribution in [0, 0.1) is 5.41 Å². The molecule has 2 N–H and O–H groups in total. The number of nitrogens with one attached hydrogen (secondary N) is 2. The summed E-state index contributed by atoms with van der Waals surface area (Å²) in [5.74, 6) is 0.142. The maximum Gasteiger partial charge on any atom is 0.228 e. The first-order chi connectivity index (χ1) is 11.2.